The number of ether oxygens (including phenoxy) is 1. The van der Waals surface area contributed by atoms with Gasteiger partial charge < -0.3 is 10.1 Å². The Morgan fingerprint density at radius 1 is 1.00 bits per heavy atom. The average molecular weight is 481 g/mol. The molecule has 0 bridgehead atoms. The minimum absolute atomic E-state index is 0.0159. The Morgan fingerprint density at radius 2 is 1.71 bits per heavy atom. The Morgan fingerprint density at radius 3 is 2.42 bits per heavy atom. The van der Waals surface area contributed by atoms with Gasteiger partial charge in [-0.3, -0.25) is 9.59 Å². The van der Waals surface area contributed by atoms with E-state index >= 15 is 0 Å². The molecule has 0 radical (unpaired) electrons. The second-order valence-electron chi connectivity index (χ2n) is 6.58. The summed E-state index contributed by atoms with van der Waals surface area (Å²) < 4.78 is 32.1. The first kappa shape index (κ1) is 23.0. The summed E-state index contributed by atoms with van der Waals surface area (Å²) in [6.45, 7) is 0.726. The van der Waals surface area contributed by atoms with Gasteiger partial charge >= 0.3 is 5.97 Å². The van der Waals surface area contributed by atoms with Gasteiger partial charge in [0.1, 0.15) is 6.54 Å². The van der Waals surface area contributed by atoms with Crippen LogP contribution in [0, 0.1) is 0 Å². The molecule has 0 heterocycles. The molecule has 0 spiro atoms. The van der Waals surface area contributed by atoms with Crippen molar-refractivity contribution >= 4 is 61.6 Å². The molecule has 31 heavy (non-hydrogen) atoms. The van der Waals surface area contributed by atoms with Crippen LogP contribution in [0.3, 0.4) is 0 Å². The lowest BCUT2D eigenvalue weighted by molar-refractivity contribution is -0.151. The van der Waals surface area contributed by atoms with Crippen LogP contribution in [0.15, 0.2) is 65.6 Å². The number of carbonyl (C=O) groups excluding carboxylic acids is 2. The monoisotopic (exact) mass is 480 g/mol. The average Bonchev–Trinajstić information content (AvgIpc) is 2.74. The predicted molar refractivity (Wildman–Crippen MR) is 120 cm³/mol. The number of rotatable bonds is 7. The molecule has 3 rings (SSSR count). The Labute approximate surface area is 189 Å². The highest BCUT2D eigenvalue weighted by Crippen LogP contribution is 2.25. The lowest BCUT2D eigenvalue weighted by atomic mass is 10.1. The number of anilines is 1. The van der Waals surface area contributed by atoms with E-state index in [4.69, 9.17) is 27.9 Å². The number of carbonyl (C=O) groups is 2. The van der Waals surface area contributed by atoms with Crippen molar-refractivity contribution in [2.24, 2.45) is 0 Å². The van der Waals surface area contributed by atoms with Crippen LogP contribution in [0.2, 0.25) is 10.0 Å². The first-order valence-corrected chi connectivity index (χ1v) is 11.3. The van der Waals surface area contributed by atoms with Crippen LogP contribution in [0.5, 0.6) is 0 Å². The Balaban J connectivity index is 1.57. The number of benzene rings is 3. The van der Waals surface area contributed by atoms with Crippen LogP contribution in [-0.2, 0) is 24.3 Å². The van der Waals surface area contributed by atoms with Crippen molar-refractivity contribution in [2.45, 2.75) is 17.9 Å². The maximum atomic E-state index is 12.5. The van der Waals surface area contributed by atoms with E-state index in [2.05, 4.69) is 10.0 Å². The van der Waals surface area contributed by atoms with Gasteiger partial charge in [0.05, 0.1) is 15.6 Å². The molecular formula is C21H18Cl2N2O5S. The minimum Gasteiger partial charge on any atom is -0.452 e. The largest absolute Gasteiger partial charge is 0.452 e. The molecule has 162 valence electrons. The van der Waals surface area contributed by atoms with Crippen molar-refractivity contribution in [3.63, 3.8) is 0 Å². The van der Waals surface area contributed by atoms with E-state index < -0.39 is 34.5 Å². The van der Waals surface area contributed by atoms with E-state index in [0.29, 0.717) is 10.7 Å². The summed E-state index contributed by atoms with van der Waals surface area (Å²) in [4.78, 5) is 24.3. The zero-order valence-corrected chi connectivity index (χ0v) is 18.6. The molecule has 0 aliphatic carbocycles. The maximum absolute atomic E-state index is 12.5. The number of hydrogen-bond acceptors (Lipinski definition) is 5. The summed E-state index contributed by atoms with van der Waals surface area (Å²) in [5.74, 6) is -1.54. The third-order valence-corrected chi connectivity index (χ3v) is 6.25. The summed E-state index contributed by atoms with van der Waals surface area (Å²) in [7, 11) is -3.94. The molecule has 0 aromatic heterocycles. The zero-order valence-electron chi connectivity index (χ0n) is 16.3. The first-order chi connectivity index (χ1) is 14.7. The van der Waals surface area contributed by atoms with Gasteiger partial charge in [0.15, 0.2) is 6.10 Å². The molecule has 0 fully saturated rings. The second kappa shape index (κ2) is 9.65. The number of amides is 1. The lowest BCUT2D eigenvalue weighted by Gasteiger charge is -2.15. The molecule has 7 nitrogen and oxygen atoms in total. The van der Waals surface area contributed by atoms with Crippen LogP contribution >= 0.6 is 23.2 Å². The fraction of sp³-hybridized carbons (Fsp3) is 0.143. The minimum atomic E-state index is -3.94. The quantitative estimate of drug-likeness (QED) is 0.497. The Hall–Kier alpha value is -2.65. The lowest BCUT2D eigenvalue weighted by Crippen LogP contribution is -2.35. The number of fused-ring (bicyclic) bond motifs is 1. The number of sulfonamides is 1. The number of nitrogens with one attached hydrogen (secondary N) is 2. The van der Waals surface area contributed by atoms with E-state index in [9.17, 15) is 18.0 Å². The molecule has 0 unspecified atom stereocenters. The molecule has 1 amide bonds. The van der Waals surface area contributed by atoms with Crippen molar-refractivity contribution in [3.05, 3.63) is 70.7 Å². The van der Waals surface area contributed by atoms with E-state index in [1.807, 2.05) is 12.1 Å². The second-order valence-corrected chi connectivity index (χ2v) is 9.19. The third-order valence-electron chi connectivity index (χ3n) is 4.30. The van der Waals surface area contributed by atoms with Crippen molar-refractivity contribution in [1.82, 2.24) is 4.72 Å². The van der Waals surface area contributed by atoms with E-state index in [-0.39, 0.29) is 9.92 Å². The number of esters is 1. The van der Waals surface area contributed by atoms with Gasteiger partial charge in [0.25, 0.3) is 5.91 Å². The molecule has 10 heteroatoms. The molecule has 3 aromatic rings. The van der Waals surface area contributed by atoms with Gasteiger partial charge in [-0.25, -0.2) is 8.42 Å². The van der Waals surface area contributed by atoms with Gasteiger partial charge in [0, 0.05) is 5.02 Å². The highest BCUT2D eigenvalue weighted by molar-refractivity contribution is 7.89. The van der Waals surface area contributed by atoms with Crippen LogP contribution < -0.4 is 10.0 Å². The smallest absolute Gasteiger partial charge is 0.321 e. The molecular weight excluding hydrogens is 463 g/mol. The standard InChI is InChI=1S/C21H18Cl2N2O5S/c1-13(21(27)25-19-9-7-16(22)11-18(19)23)30-20(26)12-24-31(28,29)17-8-6-14-4-2-3-5-15(14)10-17/h2-11,13,24H,12H2,1H3,(H,25,27)/t13-/m0/s1. The van der Waals surface area contributed by atoms with Crippen LogP contribution in [0.25, 0.3) is 10.8 Å². The van der Waals surface area contributed by atoms with Crippen LogP contribution in [0.1, 0.15) is 6.92 Å². The topological polar surface area (TPSA) is 102 Å². The van der Waals surface area contributed by atoms with Crippen LogP contribution in [-0.4, -0.2) is 32.9 Å². The summed E-state index contributed by atoms with van der Waals surface area (Å²) in [5.41, 5.74) is 0.302. The summed E-state index contributed by atoms with van der Waals surface area (Å²) in [5, 5.41) is 4.78. The van der Waals surface area contributed by atoms with E-state index in [0.717, 1.165) is 10.8 Å². The number of hydrogen-bond donors (Lipinski definition) is 2. The van der Waals surface area contributed by atoms with Crippen LogP contribution in [0.4, 0.5) is 5.69 Å². The SMILES string of the molecule is C[C@H](OC(=O)CNS(=O)(=O)c1ccc2ccccc2c1)C(=O)Nc1ccc(Cl)cc1Cl. The van der Waals surface area contributed by atoms with E-state index in [1.165, 1.54) is 31.2 Å². The Bertz CT molecular complexity index is 1250. The van der Waals surface area contributed by atoms with Crippen molar-refractivity contribution in [1.29, 1.82) is 0 Å². The number of halogens is 2. The summed E-state index contributed by atoms with van der Waals surface area (Å²) in [6.07, 6.45) is -1.18. The highest BCUT2D eigenvalue weighted by Gasteiger charge is 2.21. The van der Waals surface area contributed by atoms with Gasteiger partial charge in [0.2, 0.25) is 10.0 Å². The molecule has 0 saturated carbocycles. The molecule has 0 aliphatic heterocycles. The van der Waals surface area contributed by atoms with Gasteiger partial charge in [-0.15, -0.1) is 0 Å². The molecule has 0 saturated heterocycles. The van der Waals surface area contributed by atoms with Gasteiger partial charge in [-0.05, 0) is 48.0 Å². The third kappa shape index (κ3) is 5.95. The zero-order chi connectivity index (χ0) is 22.6. The summed E-state index contributed by atoms with van der Waals surface area (Å²) in [6, 6.07) is 16.4. The predicted octanol–water partition coefficient (Wildman–Crippen LogP) is 4.00. The molecule has 3 aromatic carbocycles. The summed E-state index contributed by atoms with van der Waals surface area (Å²) >= 11 is 11.8. The van der Waals surface area contributed by atoms with Crippen molar-refractivity contribution < 1.29 is 22.7 Å². The first-order valence-electron chi connectivity index (χ1n) is 9.09. The molecule has 1 atom stereocenters. The van der Waals surface area contributed by atoms with Gasteiger partial charge in [-0.2, -0.15) is 4.72 Å². The molecule has 0 aliphatic rings. The van der Waals surface area contributed by atoms with Gasteiger partial charge in [-0.1, -0.05) is 53.5 Å². The van der Waals surface area contributed by atoms with Crippen molar-refractivity contribution in [3.8, 4) is 0 Å². The fourth-order valence-corrected chi connectivity index (χ4v) is 4.15. The molecule has 2 N–H and O–H groups in total. The van der Waals surface area contributed by atoms with E-state index in [1.54, 1.807) is 24.3 Å². The normalized spacial score (nSPS) is 12.4. The Kier molecular flexibility index (Phi) is 7.17. The highest BCUT2D eigenvalue weighted by atomic mass is 35.5. The van der Waals surface area contributed by atoms with Crippen molar-refractivity contribution in [2.75, 3.05) is 11.9 Å². The fourth-order valence-electron chi connectivity index (χ4n) is 2.69. The maximum Gasteiger partial charge on any atom is 0.321 e.